The van der Waals surface area contributed by atoms with Crippen molar-refractivity contribution in [1.29, 1.82) is 0 Å². The minimum absolute atomic E-state index is 0.0684. The summed E-state index contributed by atoms with van der Waals surface area (Å²) in [7, 11) is -3.55. The van der Waals surface area contributed by atoms with Crippen LogP contribution in [-0.4, -0.2) is 14.0 Å². The molecule has 84 valence electrons. The zero-order valence-corrected chi connectivity index (χ0v) is 9.73. The summed E-state index contributed by atoms with van der Waals surface area (Å²) in [6, 6.07) is 4.72. The van der Waals surface area contributed by atoms with E-state index in [4.69, 9.17) is 0 Å². The zero-order chi connectivity index (χ0) is 11.7. The van der Waals surface area contributed by atoms with Crippen LogP contribution in [0.1, 0.15) is 20.8 Å². The summed E-state index contributed by atoms with van der Waals surface area (Å²) < 4.78 is 38.5. The second kappa shape index (κ2) is 3.90. The minimum Gasteiger partial charge on any atom is -0.207 e. The van der Waals surface area contributed by atoms with E-state index < -0.39 is 21.4 Å². The van der Waals surface area contributed by atoms with Crippen LogP contribution in [-0.2, 0) is 10.0 Å². The van der Waals surface area contributed by atoms with Crippen LogP contribution >= 0.6 is 0 Å². The van der Waals surface area contributed by atoms with E-state index in [0.717, 1.165) is 12.1 Å². The molecule has 0 bridgehead atoms. The van der Waals surface area contributed by atoms with Gasteiger partial charge in [0.1, 0.15) is 5.82 Å². The maximum Gasteiger partial charge on any atom is 0.241 e. The summed E-state index contributed by atoms with van der Waals surface area (Å²) in [4.78, 5) is 0.0684. The lowest BCUT2D eigenvalue weighted by Gasteiger charge is -2.20. The third-order valence-electron chi connectivity index (χ3n) is 1.56. The molecule has 0 aliphatic carbocycles. The van der Waals surface area contributed by atoms with Crippen molar-refractivity contribution in [2.75, 3.05) is 0 Å². The normalized spacial score (nSPS) is 12.8. The molecule has 5 heteroatoms. The molecular formula is C10H14FNO2S. The van der Waals surface area contributed by atoms with Crippen molar-refractivity contribution in [2.45, 2.75) is 31.2 Å². The van der Waals surface area contributed by atoms with Gasteiger partial charge in [0, 0.05) is 5.54 Å². The number of halogens is 1. The molecule has 0 radical (unpaired) electrons. The van der Waals surface area contributed by atoms with E-state index in [1.165, 1.54) is 12.1 Å². The summed E-state index contributed by atoms with van der Waals surface area (Å²) in [5, 5.41) is 0. The standard InChI is InChI=1S/C10H14FNO2S/c1-10(2,3)12-15(13,14)9-6-4-8(11)5-7-9/h4-7,12H,1-3H3. The number of benzene rings is 1. The third-order valence-corrected chi connectivity index (χ3v) is 3.34. The molecule has 0 spiro atoms. The van der Waals surface area contributed by atoms with Crippen LogP contribution < -0.4 is 4.72 Å². The van der Waals surface area contributed by atoms with Gasteiger partial charge in [0.15, 0.2) is 0 Å². The maximum absolute atomic E-state index is 12.6. The molecule has 3 nitrogen and oxygen atoms in total. The van der Waals surface area contributed by atoms with Crippen LogP contribution in [0.15, 0.2) is 29.2 Å². The van der Waals surface area contributed by atoms with Gasteiger partial charge in [-0.1, -0.05) is 0 Å². The molecule has 15 heavy (non-hydrogen) atoms. The zero-order valence-electron chi connectivity index (χ0n) is 8.91. The fourth-order valence-corrected chi connectivity index (χ4v) is 2.49. The predicted octanol–water partition coefficient (Wildman–Crippen LogP) is 1.90. The molecule has 1 rings (SSSR count). The van der Waals surface area contributed by atoms with Crippen molar-refractivity contribution < 1.29 is 12.8 Å². The molecule has 1 aromatic carbocycles. The smallest absolute Gasteiger partial charge is 0.207 e. The summed E-state index contributed by atoms with van der Waals surface area (Å²) in [6.07, 6.45) is 0. The van der Waals surface area contributed by atoms with Crippen LogP contribution in [0, 0.1) is 5.82 Å². The number of sulfonamides is 1. The maximum atomic E-state index is 12.6. The van der Waals surface area contributed by atoms with E-state index >= 15 is 0 Å². The van der Waals surface area contributed by atoms with Crippen LogP contribution in [0.25, 0.3) is 0 Å². The van der Waals surface area contributed by atoms with Crippen LogP contribution in [0.2, 0.25) is 0 Å². The third kappa shape index (κ3) is 3.60. The van der Waals surface area contributed by atoms with Gasteiger partial charge in [0.05, 0.1) is 4.90 Å². The monoisotopic (exact) mass is 231 g/mol. The van der Waals surface area contributed by atoms with Gasteiger partial charge in [-0.25, -0.2) is 17.5 Å². The van der Waals surface area contributed by atoms with Gasteiger partial charge in [-0.2, -0.15) is 0 Å². The predicted molar refractivity (Wildman–Crippen MR) is 56.5 cm³/mol. The van der Waals surface area contributed by atoms with Gasteiger partial charge in [-0.3, -0.25) is 0 Å². The van der Waals surface area contributed by atoms with Crippen LogP contribution in [0.4, 0.5) is 4.39 Å². The highest BCUT2D eigenvalue weighted by atomic mass is 32.2. The molecule has 0 aliphatic heterocycles. The molecule has 0 fully saturated rings. The van der Waals surface area contributed by atoms with E-state index in [0.29, 0.717) is 0 Å². The van der Waals surface area contributed by atoms with E-state index in [1.807, 2.05) is 0 Å². The summed E-state index contributed by atoms with van der Waals surface area (Å²) >= 11 is 0. The SMILES string of the molecule is CC(C)(C)NS(=O)(=O)c1ccc(F)cc1. The first-order valence-corrected chi connectivity index (χ1v) is 5.99. The second-order valence-corrected chi connectivity index (χ2v) is 5.99. The van der Waals surface area contributed by atoms with Crippen LogP contribution in [0.5, 0.6) is 0 Å². The van der Waals surface area contributed by atoms with E-state index in [1.54, 1.807) is 20.8 Å². The van der Waals surface area contributed by atoms with Gasteiger partial charge < -0.3 is 0 Å². The fraction of sp³-hybridized carbons (Fsp3) is 0.400. The van der Waals surface area contributed by atoms with Crippen molar-refractivity contribution in [3.8, 4) is 0 Å². The molecule has 0 saturated heterocycles. The Morgan fingerprint density at radius 2 is 1.60 bits per heavy atom. The highest BCUT2D eigenvalue weighted by molar-refractivity contribution is 7.89. The minimum atomic E-state index is -3.55. The molecule has 0 aliphatic rings. The summed E-state index contributed by atoms with van der Waals surface area (Å²) in [5.41, 5.74) is -0.548. The molecule has 1 N–H and O–H groups in total. The highest BCUT2D eigenvalue weighted by Crippen LogP contribution is 2.12. The van der Waals surface area contributed by atoms with E-state index in [2.05, 4.69) is 4.72 Å². The van der Waals surface area contributed by atoms with E-state index in [9.17, 15) is 12.8 Å². The van der Waals surface area contributed by atoms with Crippen LogP contribution in [0.3, 0.4) is 0 Å². The molecule has 0 unspecified atom stereocenters. The first-order valence-electron chi connectivity index (χ1n) is 4.50. The van der Waals surface area contributed by atoms with Crippen molar-refractivity contribution in [3.05, 3.63) is 30.1 Å². The lowest BCUT2D eigenvalue weighted by atomic mass is 10.1. The Balaban J connectivity index is 3.02. The van der Waals surface area contributed by atoms with Crippen molar-refractivity contribution >= 4 is 10.0 Å². The van der Waals surface area contributed by atoms with Gasteiger partial charge in [-0.15, -0.1) is 0 Å². The van der Waals surface area contributed by atoms with Crippen molar-refractivity contribution in [3.63, 3.8) is 0 Å². The first-order chi connectivity index (χ1) is 6.71. The average Bonchev–Trinajstić information content (AvgIpc) is 2.00. The molecule has 0 saturated carbocycles. The summed E-state index contributed by atoms with van der Waals surface area (Å²) in [6.45, 7) is 5.23. The molecule has 0 atom stereocenters. The lowest BCUT2D eigenvalue weighted by Crippen LogP contribution is -2.40. The number of rotatable bonds is 2. The average molecular weight is 231 g/mol. The van der Waals surface area contributed by atoms with E-state index in [-0.39, 0.29) is 4.90 Å². The second-order valence-electron chi connectivity index (χ2n) is 4.31. The first kappa shape index (κ1) is 12.1. The van der Waals surface area contributed by atoms with Gasteiger partial charge in [-0.05, 0) is 45.0 Å². The summed E-state index contributed by atoms with van der Waals surface area (Å²) in [5.74, 6) is -0.454. The Labute approximate surface area is 89.4 Å². The Hall–Kier alpha value is -0.940. The molecule has 0 heterocycles. The number of nitrogens with one attached hydrogen (secondary N) is 1. The Kier molecular flexibility index (Phi) is 3.16. The quantitative estimate of drug-likeness (QED) is 0.845. The van der Waals surface area contributed by atoms with Gasteiger partial charge >= 0.3 is 0 Å². The Bertz CT molecular complexity index is 431. The van der Waals surface area contributed by atoms with Gasteiger partial charge in [0.25, 0.3) is 0 Å². The fourth-order valence-electron chi connectivity index (χ4n) is 1.08. The van der Waals surface area contributed by atoms with Gasteiger partial charge in [0.2, 0.25) is 10.0 Å². The molecule has 1 aromatic rings. The number of hydrogen-bond acceptors (Lipinski definition) is 2. The van der Waals surface area contributed by atoms with Crippen molar-refractivity contribution in [1.82, 2.24) is 4.72 Å². The lowest BCUT2D eigenvalue weighted by molar-refractivity contribution is 0.491. The molecule has 0 aromatic heterocycles. The largest absolute Gasteiger partial charge is 0.241 e. The number of hydrogen-bond donors (Lipinski definition) is 1. The van der Waals surface area contributed by atoms with Crippen molar-refractivity contribution in [2.24, 2.45) is 0 Å². The highest BCUT2D eigenvalue weighted by Gasteiger charge is 2.21. The molecular weight excluding hydrogens is 217 g/mol. The Morgan fingerprint density at radius 1 is 1.13 bits per heavy atom. The topological polar surface area (TPSA) is 46.2 Å². The molecule has 0 amide bonds. The Morgan fingerprint density at radius 3 is 2.00 bits per heavy atom.